The van der Waals surface area contributed by atoms with Gasteiger partial charge in [-0.2, -0.15) is 10.1 Å². The molecule has 2 saturated heterocycles. The minimum atomic E-state index is 0.241. The van der Waals surface area contributed by atoms with E-state index in [2.05, 4.69) is 15.2 Å². The van der Waals surface area contributed by atoms with Crippen LogP contribution >= 0.6 is 0 Å². The van der Waals surface area contributed by atoms with Crippen LogP contribution in [-0.2, 0) is 9.53 Å². The van der Waals surface area contributed by atoms with Crippen LogP contribution in [0.25, 0.3) is 22.4 Å². The third-order valence-corrected chi connectivity index (χ3v) is 5.30. The highest BCUT2D eigenvalue weighted by Crippen LogP contribution is 2.30. The minimum absolute atomic E-state index is 0.241. The van der Waals surface area contributed by atoms with Gasteiger partial charge in [-0.05, 0) is 25.0 Å². The van der Waals surface area contributed by atoms with E-state index in [9.17, 15) is 4.79 Å². The van der Waals surface area contributed by atoms with E-state index in [-0.39, 0.29) is 5.92 Å². The standard InChI is InChI=1S/C18H19N5O3/c24-11-22-5-3-12(4-6-22)17-20-18(26-21-17)13-1-2-14-8-19-23(16(14)7-13)15-9-25-10-15/h1-2,7-8,11-12,15H,3-6,9-10H2. The van der Waals surface area contributed by atoms with Gasteiger partial charge in [0.25, 0.3) is 5.89 Å². The summed E-state index contributed by atoms with van der Waals surface area (Å²) in [6.45, 7) is 2.88. The van der Waals surface area contributed by atoms with Crippen molar-refractivity contribution >= 4 is 17.3 Å². The molecule has 8 heteroatoms. The lowest BCUT2D eigenvalue weighted by molar-refractivity contribution is -0.119. The fraction of sp³-hybridized carbons (Fsp3) is 0.444. The molecule has 4 heterocycles. The Morgan fingerprint density at radius 1 is 1.19 bits per heavy atom. The monoisotopic (exact) mass is 353 g/mol. The highest BCUT2D eigenvalue weighted by molar-refractivity contribution is 5.83. The number of ether oxygens (including phenoxy) is 1. The Morgan fingerprint density at radius 2 is 2.04 bits per heavy atom. The summed E-state index contributed by atoms with van der Waals surface area (Å²) in [7, 11) is 0. The number of hydrogen-bond acceptors (Lipinski definition) is 6. The fourth-order valence-corrected chi connectivity index (χ4v) is 3.61. The maximum atomic E-state index is 10.8. The summed E-state index contributed by atoms with van der Waals surface area (Å²) in [6.07, 6.45) is 4.51. The first kappa shape index (κ1) is 15.5. The van der Waals surface area contributed by atoms with Crippen molar-refractivity contribution < 1.29 is 14.1 Å². The molecule has 0 spiro atoms. The van der Waals surface area contributed by atoms with Crippen molar-refractivity contribution in [2.24, 2.45) is 0 Å². The van der Waals surface area contributed by atoms with Crippen molar-refractivity contribution in [2.75, 3.05) is 26.3 Å². The van der Waals surface area contributed by atoms with E-state index in [0.29, 0.717) is 25.1 Å². The molecule has 2 aliphatic rings. The van der Waals surface area contributed by atoms with E-state index in [1.54, 1.807) is 4.90 Å². The van der Waals surface area contributed by atoms with Gasteiger partial charge < -0.3 is 14.2 Å². The molecule has 1 aromatic carbocycles. The van der Waals surface area contributed by atoms with Crippen LogP contribution in [0.4, 0.5) is 0 Å². The van der Waals surface area contributed by atoms with Crippen LogP contribution in [0.5, 0.6) is 0 Å². The Labute approximate surface area is 149 Å². The van der Waals surface area contributed by atoms with Crippen LogP contribution in [0, 0.1) is 0 Å². The zero-order valence-corrected chi connectivity index (χ0v) is 14.2. The van der Waals surface area contributed by atoms with Crippen molar-refractivity contribution in [2.45, 2.75) is 24.8 Å². The smallest absolute Gasteiger partial charge is 0.258 e. The van der Waals surface area contributed by atoms with Gasteiger partial charge in [0.15, 0.2) is 5.82 Å². The van der Waals surface area contributed by atoms with Crippen LogP contribution in [-0.4, -0.2) is 57.5 Å². The molecule has 0 radical (unpaired) electrons. The summed E-state index contributed by atoms with van der Waals surface area (Å²) in [5.74, 6) is 1.49. The van der Waals surface area contributed by atoms with Gasteiger partial charge in [-0.3, -0.25) is 9.48 Å². The zero-order chi connectivity index (χ0) is 17.5. The van der Waals surface area contributed by atoms with Crippen molar-refractivity contribution in [3.05, 3.63) is 30.2 Å². The molecule has 0 atom stereocenters. The van der Waals surface area contributed by atoms with Crippen LogP contribution in [0.15, 0.2) is 28.9 Å². The lowest BCUT2D eigenvalue weighted by atomic mass is 9.96. The Morgan fingerprint density at radius 3 is 2.77 bits per heavy atom. The maximum absolute atomic E-state index is 10.8. The zero-order valence-electron chi connectivity index (χ0n) is 14.2. The number of rotatable bonds is 4. The normalized spacial score (nSPS) is 19.0. The molecule has 3 aromatic rings. The molecule has 134 valence electrons. The second-order valence-electron chi connectivity index (χ2n) is 6.93. The SMILES string of the molecule is O=CN1CCC(c2noc(-c3ccc4cnn(C5COC5)c4c3)n2)CC1. The number of hydrogen-bond donors (Lipinski definition) is 0. The second-order valence-corrected chi connectivity index (χ2v) is 6.93. The van der Waals surface area contributed by atoms with E-state index in [1.807, 2.05) is 29.1 Å². The van der Waals surface area contributed by atoms with Gasteiger partial charge in [0.2, 0.25) is 6.41 Å². The summed E-state index contributed by atoms with van der Waals surface area (Å²) >= 11 is 0. The number of carbonyl (C=O) groups is 1. The predicted molar refractivity (Wildman–Crippen MR) is 92.5 cm³/mol. The molecule has 8 nitrogen and oxygen atoms in total. The average molecular weight is 353 g/mol. The quantitative estimate of drug-likeness (QED) is 0.667. The van der Waals surface area contributed by atoms with Crippen LogP contribution < -0.4 is 0 Å². The summed E-state index contributed by atoms with van der Waals surface area (Å²) in [5, 5.41) is 9.75. The van der Waals surface area contributed by atoms with Gasteiger partial charge in [-0.1, -0.05) is 11.2 Å². The predicted octanol–water partition coefficient (Wildman–Crippen LogP) is 1.99. The molecule has 0 saturated carbocycles. The lowest BCUT2D eigenvalue weighted by Crippen LogP contribution is -2.31. The summed E-state index contributed by atoms with van der Waals surface area (Å²) in [4.78, 5) is 17.2. The second kappa shape index (κ2) is 6.21. The van der Waals surface area contributed by atoms with E-state index < -0.39 is 0 Å². The maximum Gasteiger partial charge on any atom is 0.258 e. The molecule has 0 unspecified atom stereocenters. The van der Waals surface area contributed by atoms with E-state index in [0.717, 1.165) is 54.6 Å². The molecule has 2 aromatic heterocycles. The number of piperidine rings is 1. The number of carbonyl (C=O) groups excluding carboxylic acids is 1. The first-order valence-electron chi connectivity index (χ1n) is 8.90. The molecule has 1 amide bonds. The van der Waals surface area contributed by atoms with Gasteiger partial charge in [-0.25, -0.2) is 0 Å². The van der Waals surface area contributed by atoms with Crippen molar-refractivity contribution in [1.82, 2.24) is 24.8 Å². The Kier molecular flexibility index (Phi) is 3.70. The number of likely N-dealkylation sites (tertiary alicyclic amines) is 1. The van der Waals surface area contributed by atoms with Crippen LogP contribution in [0.2, 0.25) is 0 Å². The Bertz CT molecular complexity index is 937. The largest absolute Gasteiger partial charge is 0.377 e. The molecule has 5 rings (SSSR count). The first-order valence-corrected chi connectivity index (χ1v) is 8.90. The van der Waals surface area contributed by atoms with Gasteiger partial charge in [0, 0.05) is 30.0 Å². The minimum Gasteiger partial charge on any atom is -0.377 e. The lowest BCUT2D eigenvalue weighted by Gasteiger charge is -2.27. The van der Waals surface area contributed by atoms with Crippen molar-refractivity contribution in [1.29, 1.82) is 0 Å². The van der Waals surface area contributed by atoms with E-state index >= 15 is 0 Å². The number of benzene rings is 1. The van der Waals surface area contributed by atoms with Gasteiger partial charge in [-0.15, -0.1) is 0 Å². The summed E-state index contributed by atoms with van der Waals surface area (Å²) in [6, 6.07) is 6.36. The highest BCUT2D eigenvalue weighted by atomic mass is 16.5. The van der Waals surface area contributed by atoms with Gasteiger partial charge in [0.1, 0.15) is 0 Å². The highest BCUT2D eigenvalue weighted by Gasteiger charge is 2.25. The molecular weight excluding hydrogens is 334 g/mol. The Hall–Kier alpha value is -2.74. The molecule has 2 fully saturated rings. The number of aromatic nitrogens is 4. The third kappa shape index (κ3) is 2.57. The number of fused-ring (bicyclic) bond motifs is 1. The first-order chi connectivity index (χ1) is 12.8. The number of amides is 1. The van der Waals surface area contributed by atoms with Crippen molar-refractivity contribution in [3.63, 3.8) is 0 Å². The summed E-state index contributed by atoms with van der Waals surface area (Å²) < 4.78 is 12.8. The van der Waals surface area contributed by atoms with E-state index in [4.69, 9.17) is 9.26 Å². The third-order valence-electron chi connectivity index (χ3n) is 5.30. The fourth-order valence-electron chi connectivity index (χ4n) is 3.61. The summed E-state index contributed by atoms with van der Waals surface area (Å²) in [5.41, 5.74) is 1.94. The molecular formula is C18H19N5O3. The van der Waals surface area contributed by atoms with Gasteiger partial charge in [0.05, 0.1) is 31.0 Å². The number of nitrogens with zero attached hydrogens (tertiary/aromatic N) is 5. The van der Waals surface area contributed by atoms with Crippen molar-refractivity contribution in [3.8, 4) is 11.5 Å². The van der Waals surface area contributed by atoms with Gasteiger partial charge >= 0.3 is 0 Å². The molecule has 0 bridgehead atoms. The van der Waals surface area contributed by atoms with Crippen LogP contribution in [0.3, 0.4) is 0 Å². The molecule has 26 heavy (non-hydrogen) atoms. The topological polar surface area (TPSA) is 86.3 Å². The molecule has 0 N–H and O–H groups in total. The Balaban J connectivity index is 1.41. The molecule has 2 aliphatic heterocycles. The average Bonchev–Trinajstić information content (AvgIpc) is 3.28. The van der Waals surface area contributed by atoms with Crippen LogP contribution in [0.1, 0.15) is 30.6 Å². The van der Waals surface area contributed by atoms with E-state index in [1.165, 1.54) is 0 Å². The molecule has 0 aliphatic carbocycles.